The first-order valence-corrected chi connectivity index (χ1v) is 9.35. The number of rotatable bonds is 5. The van der Waals surface area contributed by atoms with E-state index in [1.54, 1.807) is 18.2 Å². The minimum Gasteiger partial charge on any atom is -0.381 e. The molecule has 1 aliphatic heterocycles. The number of carbonyl (C=O) groups excluding carboxylic acids is 1. The number of carbonyl (C=O) groups is 1. The fourth-order valence-electron chi connectivity index (χ4n) is 3.28. The Morgan fingerprint density at radius 2 is 2.00 bits per heavy atom. The van der Waals surface area contributed by atoms with Crippen molar-refractivity contribution in [3.8, 4) is 0 Å². The molecule has 26 heavy (non-hydrogen) atoms. The molecule has 1 heterocycles. The molecule has 0 atom stereocenters. The minimum atomic E-state index is -0.125. The van der Waals surface area contributed by atoms with Crippen LogP contribution in [0.3, 0.4) is 0 Å². The van der Waals surface area contributed by atoms with E-state index in [4.69, 9.17) is 16.3 Å². The Labute approximate surface area is 160 Å². The Balaban J connectivity index is 1.64. The van der Waals surface area contributed by atoms with Gasteiger partial charge in [0.05, 0.1) is 0 Å². The fraction of sp³-hybridized carbons (Fsp3) is 0.381. The molecular weight excluding hydrogens is 348 g/mol. The SMILES string of the molecule is Cc1cc(C(=O)Nc2cccc(CN(C)C3CCOCC3)c2)ccc1Cl. The van der Waals surface area contributed by atoms with Crippen LogP contribution in [0.2, 0.25) is 5.02 Å². The zero-order chi connectivity index (χ0) is 18.5. The lowest BCUT2D eigenvalue weighted by atomic mass is 10.1. The quantitative estimate of drug-likeness (QED) is 0.839. The summed E-state index contributed by atoms with van der Waals surface area (Å²) in [5.41, 5.74) is 3.49. The van der Waals surface area contributed by atoms with Crippen molar-refractivity contribution in [1.29, 1.82) is 0 Å². The molecule has 1 saturated heterocycles. The highest BCUT2D eigenvalue weighted by molar-refractivity contribution is 6.31. The number of hydrogen-bond donors (Lipinski definition) is 1. The van der Waals surface area contributed by atoms with Crippen LogP contribution in [0.15, 0.2) is 42.5 Å². The van der Waals surface area contributed by atoms with Crippen molar-refractivity contribution in [2.45, 2.75) is 32.4 Å². The van der Waals surface area contributed by atoms with Crippen molar-refractivity contribution < 1.29 is 9.53 Å². The van der Waals surface area contributed by atoms with Crippen LogP contribution in [0, 0.1) is 6.92 Å². The molecule has 0 spiro atoms. The van der Waals surface area contributed by atoms with Crippen LogP contribution in [0.25, 0.3) is 0 Å². The molecule has 0 radical (unpaired) electrons. The van der Waals surface area contributed by atoms with E-state index in [0.717, 1.165) is 43.9 Å². The molecule has 0 aliphatic carbocycles. The summed E-state index contributed by atoms with van der Waals surface area (Å²) in [4.78, 5) is 14.8. The van der Waals surface area contributed by atoms with Gasteiger partial charge in [-0.3, -0.25) is 9.69 Å². The first-order chi connectivity index (χ1) is 12.5. The molecule has 4 nitrogen and oxygen atoms in total. The maximum Gasteiger partial charge on any atom is 0.255 e. The highest BCUT2D eigenvalue weighted by Crippen LogP contribution is 2.20. The second kappa shape index (κ2) is 8.67. The second-order valence-electron chi connectivity index (χ2n) is 6.88. The van der Waals surface area contributed by atoms with Crippen molar-refractivity contribution in [2.75, 3.05) is 25.6 Å². The molecule has 0 saturated carbocycles. The largest absolute Gasteiger partial charge is 0.381 e. The topological polar surface area (TPSA) is 41.6 Å². The van der Waals surface area contributed by atoms with Gasteiger partial charge in [-0.15, -0.1) is 0 Å². The number of benzene rings is 2. The lowest BCUT2D eigenvalue weighted by Crippen LogP contribution is -2.36. The van der Waals surface area contributed by atoms with Gasteiger partial charge in [0, 0.05) is 42.1 Å². The zero-order valence-electron chi connectivity index (χ0n) is 15.3. The van der Waals surface area contributed by atoms with Crippen molar-refractivity contribution in [3.05, 3.63) is 64.2 Å². The number of nitrogens with zero attached hydrogens (tertiary/aromatic N) is 1. The van der Waals surface area contributed by atoms with Gasteiger partial charge >= 0.3 is 0 Å². The lowest BCUT2D eigenvalue weighted by molar-refractivity contribution is 0.0407. The van der Waals surface area contributed by atoms with Crippen LogP contribution in [0.4, 0.5) is 5.69 Å². The molecule has 1 aliphatic rings. The number of halogens is 1. The molecule has 3 rings (SSSR count). The molecule has 0 aromatic heterocycles. The normalized spacial score (nSPS) is 15.2. The molecule has 5 heteroatoms. The monoisotopic (exact) mass is 372 g/mol. The molecular formula is C21H25ClN2O2. The number of aryl methyl sites for hydroxylation is 1. The summed E-state index contributed by atoms with van der Waals surface area (Å²) in [5.74, 6) is -0.125. The Morgan fingerprint density at radius 1 is 1.23 bits per heavy atom. The number of ether oxygens (including phenoxy) is 1. The van der Waals surface area contributed by atoms with Gasteiger partial charge in [-0.2, -0.15) is 0 Å². The average Bonchev–Trinajstić information content (AvgIpc) is 2.65. The molecule has 2 aromatic rings. The van der Waals surface area contributed by atoms with E-state index in [0.29, 0.717) is 16.6 Å². The maximum atomic E-state index is 12.5. The van der Waals surface area contributed by atoms with Gasteiger partial charge in [0.2, 0.25) is 0 Å². The molecule has 138 valence electrons. The minimum absolute atomic E-state index is 0.125. The van der Waals surface area contributed by atoms with Gasteiger partial charge in [0.15, 0.2) is 0 Å². The summed E-state index contributed by atoms with van der Waals surface area (Å²) in [6.07, 6.45) is 2.14. The van der Waals surface area contributed by atoms with Crippen LogP contribution in [-0.2, 0) is 11.3 Å². The van der Waals surface area contributed by atoms with Gasteiger partial charge in [-0.1, -0.05) is 23.7 Å². The fourth-order valence-corrected chi connectivity index (χ4v) is 3.40. The number of anilines is 1. The molecule has 1 fully saturated rings. The van der Waals surface area contributed by atoms with Gasteiger partial charge in [-0.25, -0.2) is 0 Å². The first-order valence-electron chi connectivity index (χ1n) is 8.97. The van der Waals surface area contributed by atoms with Gasteiger partial charge < -0.3 is 10.1 Å². The maximum absolute atomic E-state index is 12.5. The Bertz CT molecular complexity index is 772. The Kier molecular flexibility index (Phi) is 6.30. The summed E-state index contributed by atoms with van der Waals surface area (Å²) in [7, 11) is 2.15. The van der Waals surface area contributed by atoms with Crippen LogP contribution in [-0.4, -0.2) is 37.1 Å². The summed E-state index contributed by atoms with van der Waals surface area (Å²) in [5, 5.41) is 3.64. The predicted octanol–water partition coefficient (Wildman–Crippen LogP) is 4.51. The van der Waals surface area contributed by atoms with E-state index in [1.165, 1.54) is 5.56 Å². The van der Waals surface area contributed by atoms with Crippen molar-refractivity contribution in [1.82, 2.24) is 4.90 Å². The van der Waals surface area contributed by atoms with E-state index in [2.05, 4.69) is 23.3 Å². The van der Waals surface area contributed by atoms with E-state index in [1.807, 2.05) is 25.1 Å². The average molecular weight is 373 g/mol. The van der Waals surface area contributed by atoms with Gasteiger partial charge in [0.1, 0.15) is 0 Å². The van der Waals surface area contributed by atoms with Gasteiger partial charge in [-0.05, 0) is 68.3 Å². The Hall–Kier alpha value is -1.88. The standard InChI is InChI=1S/C21H25ClN2O2/c1-15-12-17(6-7-20(15)22)21(25)23-18-5-3-4-16(13-18)14-24(2)19-8-10-26-11-9-19/h3-7,12-13,19H,8-11,14H2,1-2H3,(H,23,25). The third kappa shape index (κ3) is 4.85. The van der Waals surface area contributed by atoms with Crippen LogP contribution >= 0.6 is 11.6 Å². The summed E-state index contributed by atoms with van der Waals surface area (Å²) < 4.78 is 5.44. The van der Waals surface area contributed by atoms with Crippen LogP contribution in [0.5, 0.6) is 0 Å². The van der Waals surface area contributed by atoms with Crippen LogP contribution in [0.1, 0.15) is 34.3 Å². The smallest absolute Gasteiger partial charge is 0.255 e. The van der Waals surface area contributed by atoms with E-state index in [-0.39, 0.29) is 5.91 Å². The molecule has 1 amide bonds. The number of nitrogens with one attached hydrogen (secondary N) is 1. The van der Waals surface area contributed by atoms with E-state index < -0.39 is 0 Å². The third-order valence-electron chi connectivity index (χ3n) is 4.85. The van der Waals surface area contributed by atoms with E-state index >= 15 is 0 Å². The summed E-state index contributed by atoms with van der Waals surface area (Å²) in [6.45, 7) is 4.43. The molecule has 1 N–H and O–H groups in total. The van der Waals surface area contributed by atoms with E-state index in [9.17, 15) is 4.79 Å². The second-order valence-corrected chi connectivity index (χ2v) is 7.28. The number of hydrogen-bond acceptors (Lipinski definition) is 3. The van der Waals surface area contributed by atoms with Gasteiger partial charge in [0.25, 0.3) is 5.91 Å². The highest BCUT2D eigenvalue weighted by Gasteiger charge is 2.18. The highest BCUT2D eigenvalue weighted by atomic mass is 35.5. The summed E-state index contributed by atoms with van der Waals surface area (Å²) >= 11 is 6.03. The van der Waals surface area contributed by atoms with Crippen molar-refractivity contribution in [2.24, 2.45) is 0 Å². The molecule has 2 aromatic carbocycles. The first kappa shape index (κ1) is 18.9. The molecule has 0 unspecified atom stereocenters. The summed E-state index contributed by atoms with van der Waals surface area (Å²) in [6, 6.07) is 13.9. The lowest BCUT2D eigenvalue weighted by Gasteiger charge is -2.31. The third-order valence-corrected chi connectivity index (χ3v) is 5.28. The predicted molar refractivity (Wildman–Crippen MR) is 106 cm³/mol. The molecule has 0 bridgehead atoms. The zero-order valence-corrected chi connectivity index (χ0v) is 16.1. The van der Waals surface area contributed by atoms with Crippen molar-refractivity contribution in [3.63, 3.8) is 0 Å². The van der Waals surface area contributed by atoms with Crippen LogP contribution < -0.4 is 5.32 Å². The van der Waals surface area contributed by atoms with Crippen molar-refractivity contribution >= 4 is 23.2 Å². The number of amides is 1. The Morgan fingerprint density at radius 3 is 2.73 bits per heavy atom.